The molecule has 5 nitrogen and oxygen atoms in total. The fourth-order valence-electron chi connectivity index (χ4n) is 0.851. The summed E-state index contributed by atoms with van der Waals surface area (Å²) in [6.07, 6.45) is 8.17. The zero-order valence-electron chi connectivity index (χ0n) is 7.55. The second kappa shape index (κ2) is 4.76. The van der Waals surface area contributed by atoms with Crippen LogP contribution in [0.15, 0.2) is 48.3 Å². The highest BCUT2D eigenvalue weighted by atomic mass is 16.2. The molecule has 0 saturated carbocycles. The molecule has 1 aromatic rings. The number of nitrogens with one attached hydrogen (secondary N) is 1. The van der Waals surface area contributed by atoms with Crippen LogP contribution in [0.4, 0.5) is 0 Å². The molecule has 0 fully saturated rings. The van der Waals surface area contributed by atoms with Gasteiger partial charge < -0.3 is 0 Å². The minimum Gasteiger partial charge on any atom is -0.244 e. The lowest BCUT2D eigenvalue weighted by molar-refractivity contribution is 0.798. The lowest BCUT2D eigenvalue weighted by Crippen LogP contribution is -2.16. The lowest BCUT2D eigenvalue weighted by atomic mass is 10.3. The first-order valence-corrected chi connectivity index (χ1v) is 3.92. The van der Waals surface area contributed by atoms with Gasteiger partial charge in [0.25, 0.3) is 0 Å². The molecule has 14 heavy (non-hydrogen) atoms. The van der Waals surface area contributed by atoms with Gasteiger partial charge in [0.15, 0.2) is 0 Å². The van der Waals surface area contributed by atoms with Crippen LogP contribution < -0.4 is 5.69 Å². The normalized spacial score (nSPS) is 11.9. The standard InChI is InChI=1S/C9H10N4O/c1-3-5-7-8(6-4-2)13-9(14)10-11-12-13/h3-7H,1-2H2,(H,10,12,14)/b7-5-,8-6+. The van der Waals surface area contributed by atoms with E-state index in [1.54, 1.807) is 30.4 Å². The van der Waals surface area contributed by atoms with Crippen molar-refractivity contribution in [3.05, 3.63) is 54.0 Å². The van der Waals surface area contributed by atoms with E-state index in [-0.39, 0.29) is 0 Å². The third-order valence-corrected chi connectivity index (χ3v) is 1.41. The summed E-state index contributed by atoms with van der Waals surface area (Å²) in [6, 6.07) is 0. The number of hydrogen-bond donors (Lipinski definition) is 1. The number of nitrogens with zero attached hydrogens (tertiary/aromatic N) is 3. The van der Waals surface area contributed by atoms with Gasteiger partial charge in [-0.15, -0.1) is 0 Å². The van der Waals surface area contributed by atoms with Gasteiger partial charge >= 0.3 is 5.69 Å². The Morgan fingerprint density at radius 3 is 2.71 bits per heavy atom. The van der Waals surface area contributed by atoms with Crippen molar-refractivity contribution in [2.75, 3.05) is 0 Å². The van der Waals surface area contributed by atoms with Gasteiger partial charge in [0, 0.05) is 0 Å². The van der Waals surface area contributed by atoms with E-state index >= 15 is 0 Å². The molecule has 0 aliphatic rings. The second-order valence-electron chi connectivity index (χ2n) is 2.34. The summed E-state index contributed by atoms with van der Waals surface area (Å²) < 4.78 is 1.13. The maximum atomic E-state index is 11.1. The number of rotatable bonds is 4. The van der Waals surface area contributed by atoms with Crippen molar-refractivity contribution in [3.63, 3.8) is 0 Å². The predicted molar refractivity (Wildman–Crippen MR) is 54.4 cm³/mol. The summed E-state index contributed by atoms with van der Waals surface area (Å²) in [5.41, 5.74) is 0.172. The predicted octanol–water partition coefficient (Wildman–Crippen LogP) is 0.735. The molecule has 0 radical (unpaired) electrons. The van der Waals surface area contributed by atoms with E-state index in [4.69, 9.17) is 0 Å². The zero-order chi connectivity index (χ0) is 10.4. The first-order valence-electron chi connectivity index (χ1n) is 3.92. The summed E-state index contributed by atoms with van der Waals surface area (Å²) in [7, 11) is 0. The van der Waals surface area contributed by atoms with Crippen LogP contribution in [0.2, 0.25) is 0 Å². The van der Waals surface area contributed by atoms with E-state index in [2.05, 4.69) is 28.7 Å². The summed E-state index contributed by atoms with van der Waals surface area (Å²) in [4.78, 5) is 11.1. The number of tetrazole rings is 1. The third-order valence-electron chi connectivity index (χ3n) is 1.41. The van der Waals surface area contributed by atoms with E-state index in [0.29, 0.717) is 5.70 Å². The van der Waals surface area contributed by atoms with Crippen molar-refractivity contribution in [1.82, 2.24) is 20.2 Å². The second-order valence-corrected chi connectivity index (χ2v) is 2.34. The van der Waals surface area contributed by atoms with Gasteiger partial charge in [-0.1, -0.05) is 31.4 Å². The van der Waals surface area contributed by atoms with E-state index in [1.807, 2.05) is 0 Å². The quantitative estimate of drug-likeness (QED) is 0.712. The fourth-order valence-corrected chi connectivity index (χ4v) is 0.851. The van der Waals surface area contributed by atoms with Crippen LogP contribution in [-0.2, 0) is 0 Å². The number of H-pyrrole nitrogens is 1. The maximum absolute atomic E-state index is 11.1. The van der Waals surface area contributed by atoms with Crippen molar-refractivity contribution in [3.8, 4) is 0 Å². The molecule has 5 heteroatoms. The van der Waals surface area contributed by atoms with E-state index in [1.165, 1.54) is 0 Å². The van der Waals surface area contributed by atoms with Crippen molar-refractivity contribution in [2.24, 2.45) is 0 Å². The zero-order valence-corrected chi connectivity index (χ0v) is 7.55. The Hall–Kier alpha value is -2.17. The first kappa shape index (κ1) is 9.91. The molecule has 0 spiro atoms. The van der Waals surface area contributed by atoms with Gasteiger partial charge in [-0.2, -0.15) is 4.68 Å². The van der Waals surface area contributed by atoms with Gasteiger partial charge in [-0.05, 0) is 22.6 Å². The first-order chi connectivity index (χ1) is 6.79. The van der Waals surface area contributed by atoms with Crippen LogP contribution in [0, 0.1) is 0 Å². The van der Waals surface area contributed by atoms with Crippen LogP contribution in [0.1, 0.15) is 0 Å². The highest BCUT2D eigenvalue weighted by Crippen LogP contribution is 2.00. The van der Waals surface area contributed by atoms with Crippen molar-refractivity contribution >= 4 is 5.70 Å². The average Bonchev–Trinajstić information content (AvgIpc) is 2.59. The van der Waals surface area contributed by atoms with E-state index in [9.17, 15) is 4.79 Å². The van der Waals surface area contributed by atoms with Crippen molar-refractivity contribution < 1.29 is 0 Å². The molecular formula is C9H10N4O. The molecule has 72 valence electrons. The molecule has 1 rings (SSSR count). The number of aromatic nitrogens is 4. The summed E-state index contributed by atoms with van der Waals surface area (Å²) in [5, 5.41) is 9.15. The largest absolute Gasteiger partial charge is 0.365 e. The number of hydrogen-bond acceptors (Lipinski definition) is 3. The minimum atomic E-state index is -0.396. The Morgan fingerprint density at radius 1 is 1.43 bits per heavy atom. The topological polar surface area (TPSA) is 63.6 Å². The minimum absolute atomic E-state index is 0.396. The fraction of sp³-hybridized carbons (Fsp3) is 0. The Bertz CT molecular complexity index is 436. The highest BCUT2D eigenvalue weighted by Gasteiger charge is 2.00. The Labute approximate surface area is 80.7 Å². The van der Waals surface area contributed by atoms with Crippen molar-refractivity contribution in [2.45, 2.75) is 0 Å². The molecule has 0 aliphatic heterocycles. The maximum Gasteiger partial charge on any atom is 0.365 e. The van der Waals surface area contributed by atoms with Gasteiger partial charge in [0.05, 0.1) is 5.70 Å². The van der Waals surface area contributed by atoms with E-state index in [0.717, 1.165) is 4.68 Å². The molecule has 1 heterocycles. The van der Waals surface area contributed by atoms with Gasteiger partial charge in [-0.3, -0.25) is 0 Å². The summed E-state index contributed by atoms with van der Waals surface area (Å²) in [6.45, 7) is 7.06. The Morgan fingerprint density at radius 2 is 2.21 bits per heavy atom. The SMILES string of the molecule is C=C/C=C\C(=C/C=C)n1nn[nH]c1=O. The molecule has 1 aromatic heterocycles. The molecule has 0 saturated heterocycles. The van der Waals surface area contributed by atoms with Gasteiger partial charge in [-0.25, -0.2) is 9.89 Å². The Kier molecular flexibility index (Phi) is 3.37. The Balaban J connectivity index is 3.13. The molecular weight excluding hydrogens is 180 g/mol. The van der Waals surface area contributed by atoms with Crippen LogP contribution in [0.3, 0.4) is 0 Å². The van der Waals surface area contributed by atoms with Crippen LogP contribution in [-0.4, -0.2) is 20.2 Å². The van der Waals surface area contributed by atoms with Crippen molar-refractivity contribution in [1.29, 1.82) is 0 Å². The molecule has 0 bridgehead atoms. The number of allylic oxidation sites excluding steroid dienone is 6. The van der Waals surface area contributed by atoms with Gasteiger partial charge in [0.1, 0.15) is 0 Å². The highest BCUT2D eigenvalue weighted by molar-refractivity contribution is 5.57. The lowest BCUT2D eigenvalue weighted by Gasteiger charge is -1.95. The smallest absolute Gasteiger partial charge is 0.244 e. The molecule has 0 aromatic carbocycles. The molecule has 1 N–H and O–H groups in total. The van der Waals surface area contributed by atoms with Crippen LogP contribution in [0.25, 0.3) is 5.70 Å². The van der Waals surface area contributed by atoms with Gasteiger partial charge in [0.2, 0.25) is 0 Å². The third kappa shape index (κ3) is 2.16. The number of aromatic amines is 1. The van der Waals surface area contributed by atoms with E-state index < -0.39 is 5.69 Å². The monoisotopic (exact) mass is 190 g/mol. The molecule has 0 aliphatic carbocycles. The summed E-state index contributed by atoms with van der Waals surface area (Å²) in [5.74, 6) is 0. The molecule has 0 atom stereocenters. The molecule has 0 unspecified atom stereocenters. The molecule has 0 amide bonds. The summed E-state index contributed by atoms with van der Waals surface area (Å²) >= 11 is 0. The van der Waals surface area contributed by atoms with Crippen LogP contribution >= 0.6 is 0 Å². The average molecular weight is 190 g/mol. The van der Waals surface area contributed by atoms with Crippen LogP contribution in [0.5, 0.6) is 0 Å².